The van der Waals surface area contributed by atoms with Crippen molar-refractivity contribution in [3.8, 4) is 0 Å². The summed E-state index contributed by atoms with van der Waals surface area (Å²) >= 11 is 0. The van der Waals surface area contributed by atoms with Gasteiger partial charge in [-0.05, 0) is 11.6 Å². The molecular weight excluding hydrogens is 248 g/mol. The first kappa shape index (κ1) is 15.4. The lowest BCUT2D eigenvalue weighted by Gasteiger charge is -2.11. The molecule has 0 aliphatic carbocycles. The van der Waals surface area contributed by atoms with Crippen molar-refractivity contribution in [1.29, 1.82) is 0 Å². The molecule has 0 saturated heterocycles. The lowest BCUT2D eigenvalue weighted by atomic mass is 10.2. The third-order valence-corrected chi connectivity index (χ3v) is 2.31. The first-order chi connectivity index (χ1) is 9.26. The summed E-state index contributed by atoms with van der Waals surface area (Å²) in [5.41, 5.74) is 1.04. The van der Waals surface area contributed by atoms with E-state index in [1.807, 2.05) is 30.3 Å². The van der Waals surface area contributed by atoms with Crippen molar-refractivity contribution in [2.24, 2.45) is 0 Å². The minimum absolute atomic E-state index is 0.0334. The van der Waals surface area contributed by atoms with Gasteiger partial charge in [-0.1, -0.05) is 30.3 Å². The quantitative estimate of drug-likeness (QED) is 0.332. The molecule has 1 N–H and O–H groups in total. The zero-order valence-electron chi connectivity index (χ0n) is 10.8. The zero-order chi connectivity index (χ0) is 13.9. The summed E-state index contributed by atoms with van der Waals surface area (Å²) in [5.74, 6) is -0.493. The Morgan fingerprint density at radius 1 is 1.37 bits per heavy atom. The Labute approximate surface area is 112 Å². The monoisotopic (exact) mass is 266 g/mol. The van der Waals surface area contributed by atoms with Crippen LogP contribution in [0.2, 0.25) is 0 Å². The van der Waals surface area contributed by atoms with Crippen molar-refractivity contribution in [1.82, 2.24) is 0 Å². The minimum atomic E-state index is -0.588. The third kappa shape index (κ3) is 6.71. The number of rotatable bonds is 8. The van der Waals surface area contributed by atoms with Gasteiger partial charge >= 0.3 is 5.97 Å². The summed E-state index contributed by atoms with van der Waals surface area (Å²) < 4.78 is 15.0. The molecule has 0 fully saturated rings. The number of aliphatic hydroxyl groups is 1. The highest BCUT2D eigenvalue weighted by Crippen LogP contribution is 2.01. The topological polar surface area (TPSA) is 65.0 Å². The van der Waals surface area contributed by atoms with Crippen LogP contribution in [0.1, 0.15) is 5.56 Å². The maximum atomic E-state index is 10.9. The number of carbonyl (C=O) groups is 1. The second-order valence-corrected chi connectivity index (χ2v) is 3.72. The summed E-state index contributed by atoms with van der Waals surface area (Å²) in [6, 6.07) is 9.67. The standard InChI is InChI=1S/C14H18O5/c1-17-14(16)8-7-13(9-15)19-11-18-10-12-5-3-2-4-6-12/h2-8,13,15H,9-11H2,1H3/b8-7+/t13-/m0/s1. The molecule has 0 aliphatic heterocycles. The summed E-state index contributed by atoms with van der Waals surface area (Å²) in [6.07, 6.45) is 2.05. The molecule has 104 valence electrons. The van der Waals surface area contributed by atoms with Crippen LogP contribution in [0.25, 0.3) is 0 Å². The van der Waals surface area contributed by atoms with Crippen LogP contribution in [-0.2, 0) is 25.6 Å². The Morgan fingerprint density at radius 3 is 2.74 bits per heavy atom. The molecule has 0 heterocycles. The second-order valence-electron chi connectivity index (χ2n) is 3.72. The van der Waals surface area contributed by atoms with E-state index in [2.05, 4.69) is 4.74 Å². The van der Waals surface area contributed by atoms with Crippen molar-refractivity contribution in [3.05, 3.63) is 48.0 Å². The van der Waals surface area contributed by atoms with Crippen molar-refractivity contribution in [2.45, 2.75) is 12.7 Å². The molecule has 0 spiro atoms. The van der Waals surface area contributed by atoms with E-state index in [9.17, 15) is 4.79 Å². The fraction of sp³-hybridized carbons (Fsp3) is 0.357. The van der Waals surface area contributed by atoms with E-state index in [4.69, 9.17) is 14.6 Å². The predicted molar refractivity (Wildman–Crippen MR) is 69.2 cm³/mol. The van der Waals surface area contributed by atoms with E-state index < -0.39 is 12.1 Å². The molecule has 0 amide bonds. The highest BCUT2D eigenvalue weighted by molar-refractivity contribution is 5.81. The fourth-order valence-electron chi connectivity index (χ4n) is 1.29. The third-order valence-electron chi connectivity index (χ3n) is 2.31. The van der Waals surface area contributed by atoms with E-state index in [0.29, 0.717) is 6.61 Å². The summed E-state index contributed by atoms with van der Waals surface area (Å²) in [4.78, 5) is 10.9. The van der Waals surface area contributed by atoms with Crippen LogP contribution in [-0.4, -0.2) is 37.7 Å². The minimum Gasteiger partial charge on any atom is -0.466 e. The number of ether oxygens (including phenoxy) is 3. The van der Waals surface area contributed by atoms with E-state index in [1.54, 1.807) is 0 Å². The molecule has 5 heteroatoms. The first-order valence-electron chi connectivity index (χ1n) is 5.86. The van der Waals surface area contributed by atoms with Crippen LogP contribution in [0.5, 0.6) is 0 Å². The number of hydrogen-bond donors (Lipinski definition) is 1. The van der Waals surface area contributed by atoms with Gasteiger partial charge < -0.3 is 19.3 Å². The molecule has 19 heavy (non-hydrogen) atoms. The average molecular weight is 266 g/mol. The van der Waals surface area contributed by atoms with Crippen LogP contribution >= 0.6 is 0 Å². The number of esters is 1. The van der Waals surface area contributed by atoms with Crippen LogP contribution in [0.3, 0.4) is 0 Å². The number of hydrogen-bond acceptors (Lipinski definition) is 5. The van der Waals surface area contributed by atoms with Crippen LogP contribution in [0, 0.1) is 0 Å². The Hall–Kier alpha value is -1.69. The zero-order valence-corrected chi connectivity index (χ0v) is 10.8. The molecule has 1 aromatic carbocycles. The molecule has 0 aromatic heterocycles. The average Bonchev–Trinajstić information content (AvgIpc) is 2.47. The van der Waals surface area contributed by atoms with Gasteiger partial charge in [0, 0.05) is 6.08 Å². The number of benzene rings is 1. The second kappa shape index (κ2) is 9.27. The predicted octanol–water partition coefficient (Wildman–Crippen LogP) is 1.27. The molecule has 0 unspecified atom stereocenters. The van der Waals surface area contributed by atoms with Gasteiger partial charge in [0.15, 0.2) is 0 Å². The van der Waals surface area contributed by atoms with E-state index in [-0.39, 0.29) is 13.4 Å². The van der Waals surface area contributed by atoms with Gasteiger partial charge in [0.2, 0.25) is 0 Å². The molecule has 5 nitrogen and oxygen atoms in total. The maximum Gasteiger partial charge on any atom is 0.330 e. The normalized spacial score (nSPS) is 12.5. The van der Waals surface area contributed by atoms with Gasteiger partial charge in [-0.15, -0.1) is 0 Å². The molecule has 1 rings (SSSR count). The SMILES string of the molecule is COC(=O)/C=C/[C@@H](CO)OCOCc1ccccc1. The smallest absolute Gasteiger partial charge is 0.330 e. The van der Waals surface area contributed by atoms with Gasteiger partial charge in [-0.3, -0.25) is 0 Å². The van der Waals surface area contributed by atoms with Gasteiger partial charge in [-0.2, -0.15) is 0 Å². The highest BCUT2D eigenvalue weighted by Gasteiger charge is 2.04. The Balaban J connectivity index is 2.23. The molecule has 0 aliphatic rings. The number of aliphatic hydroxyl groups excluding tert-OH is 1. The van der Waals surface area contributed by atoms with Crippen LogP contribution in [0.15, 0.2) is 42.5 Å². The number of methoxy groups -OCH3 is 1. The van der Waals surface area contributed by atoms with Gasteiger partial charge in [-0.25, -0.2) is 4.79 Å². The van der Waals surface area contributed by atoms with Gasteiger partial charge in [0.1, 0.15) is 12.9 Å². The maximum absolute atomic E-state index is 10.9. The Kier molecular flexibility index (Phi) is 7.50. The summed E-state index contributed by atoms with van der Waals surface area (Å²) in [5, 5.41) is 9.04. The summed E-state index contributed by atoms with van der Waals surface area (Å²) in [7, 11) is 1.28. The van der Waals surface area contributed by atoms with Crippen molar-refractivity contribution in [3.63, 3.8) is 0 Å². The molecule has 1 atom stereocenters. The Morgan fingerprint density at radius 2 is 2.11 bits per heavy atom. The molecule has 1 aromatic rings. The molecule has 0 radical (unpaired) electrons. The van der Waals surface area contributed by atoms with Crippen molar-refractivity contribution >= 4 is 5.97 Å². The van der Waals surface area contributed by atoms with Gasteiger partial charge in [0.05, 0.1) is 20.3 Å². The first-order valence-corrected chi connectivity index (χ1v) is 5.86. The summed E-state index contributed by atoms with van der Waals surface area (Å²) in [6.45, 7) is 0.230. The van der Waals surface area contributed by atoms with E-state index in [1.165, 1.54) is 19.3 Å². The number of carbonyl (C=O) groups excluding carboxylic acids is 1. The molecule has 0 bridgehead atoms. The fourth-order valence-corrected chi connectivity index (χ4v) is 1.29. The largest absolute Gasteiger partial charge is 0.466 e. The molecule has 0 saturated carbocycles. The lowest BCUT2D eigenvalue weighted by molar-refractivity contribution is -0.135. The van der Waals surface area contributed by atoms with Crippen molar-refractivity contribution in [2.75, 3.05) is 20.5 Å². The van der Waals surface area contributed by atoms with E-state index in [0.717, 1.165) is 5.56 Å². The molecular formula is C14H18O5. The highest BCUT2D eigenvalue weighted by atomic mass is 16.7. The van der Waals surface area contributed by atoms with E-state index >= 15 is 0 Å². The van der Waals surface area contributed by atoms with Crippen LogP contribution < -0.4 is 0 Å². The Bertz CT molecular complexity index is 388. The van der Waals surface area contributed by atoms with Gasteiger partial charge in [0.25, 0.3) is 0 Å². The van der Waals surface area contributed by atoms with Crippen molar-refractivity contribution < 1.29 is 24.1 Å². The lowest BCUT2D eigenvalue weighted by Crippen LogP contribution is -2.17. The van der Waals surface area contributed by atoms with Crippen LogP contribution in [0.4, 0.5) is 0 Å².